The number of rotatable bonds is 3. The van der Waals surface area contributed by atoms with Crippen molar-refractivity contribution < 1.29 is 4.42 Å². The van der Waals surface area contributed by atoms with Crippen molar-refractivity contribution in [2.24, 2.45) is 11.0 Å². The molecule has 22 heavy (non-hydrogen) atoms. The maximum absolute atomic E-state index is 5.85. The third kappa shape index (κ3) is 2.35. The average Bonchev–Trinajstić information content (AvgIpc) is 2.96. The number of furan rings is 1. The fraction of sp³-hybridized carbons (Fsp3) is 0.235. The summed E-state index contributed by atoms with van der Waals surface area (Å²) < 4.78 is 5.85. The maximum atomic E-state index is 5.85. The Labute approximate surface area is 127 Å². The second-order valence-electron chi connectivity index (χ2n) is 5.43. The standard InChI is InChI=1S/C17H16N4O/c1-2-6-12(7-3-1)10-20-21-17-16-15(18-11-19-17)13-8-4-5-9-14(13)22-16/h1-2,4-5,8-12H,3,6-7H2,(H,18,19,21)/b20-10-/t12-/m1/s1. The number of fused-ring (bicyclic) bond motifs is 3. The fourth-order valence-corrected chi connectivity index (χ4v) is 2.76. The molecule has 0 radical (unpaired) electrons. The molecule has 2 heterocycles. The number of hydrogen-bond acceptors (Lipinski definition) is 5. The van der Waals surface area contributed by atoms with E-state index < -0.39 is 0 Å². The van der Waals surface area contributed by atoms with E-state index in [9.17, 15) is 0 Å². The highest BCUT2D eigenvalue weighted by atomic mass is 16.3. The Morgan fingerprint density at radius 1 is 1.23 bits per heavy atom. The molecule has 0 spiro atoms. The van der Waals surface area contributed by atoms with Crippen molar-refractivity contribution in [1.29, 1.82) is 0 Å². The zero-order valence-corrected chi connectivity index (χ0v) is 12.1. The molecule has 4 rings (SSSR count). The van der Waals surface area contributed by atoms with Gasteiger partial charge in [-0.05, 0) is 37.3 Å². The molecule has 0 unspecified atom stereocenters. The van der Waals surface area contributed by atoms with Crippen LogP contribution in [0.5, 0.6) is 0 Å². The van der Waals surface area contributed by atoms with Crippen molar-refractivity contribution >= 4 is 34.1 Å². The molecule has 3 aromatic rings. The predicted molar refractivity (Wildman–Crippen MR) is 87.9 cm³/mol. The predicted octanol–water partition coefficient (Wildman–Crippen LogP) is 4.13. The molecule has 0 saturated carbocycles. The van der Waals surface area contributed by atoms with E-state index in [1.807, 2.05) is 30.5 Å². The minimum atomic E-state index is 0.491. The van der Waals surface area contributed by atoms with Crippen LogP contribution in [-0.2, 0) is 0 Å². The molecule has 0 saturated heterocycles. The molecule has 5 heteroatoms. The molecule has 1 N–H and O–H groups in total. The number of hydrazone groups is 1. The first-order valence-electron chi connectivity index (χ1n) is 7.48. The van der Waals surface area contributed by atoms with E-state index >= 15 is 0 Å². The summed E-state index contributed by atoms with van der Waals surface area (Å²) in [5.74, 6) is 1.09. The Balaban J connectivity index is 1.64. The SMILES string of the molecule is C1=CC[C@@H](/C=N\Nc2ncnc3c2oc2ccccc23)CC1. The van der Waals surface area contributed by atoms with Gasteiger partial charge in [0.15, 0.2) is 11.4 Å². The fourth-order valence-electron chi connectivity index (χ4n) is 2.76. The van der Waals surface area contributed by atoms with E-state index in [0.29, 0.717) is 17.3 Å². The van der Waals surface area contributed by atoms with Crippen LogP contribution in [0.2, 0.25) is 0 Å². The van der Waals surface area contributed by atoms with Gasteiger partial charge in [0.25, 0.3) is 0 Å². The molecule has 1 aliphatic carbocycles. The molecule has 0 bridgehead atoms. The van der Waals surface area contributed by atoms with E-state index in [0.717, 1.165) is 35.7 Å². The largest absolute Gasteiger partial charge is 0.450 e. The third-order valence-electron chi connectivity index (χ3n) is 3.92. The summed E-state index contributed by atoms with van der Waals surface area (Å²) in [7, 11) is 0. The number of anilines is 1. The van der Waals surface area contributed by atoms with E-state index in [-0.39, 0.29) is 0 Å². The average molecular weight is 292 g/mol. The van der Waals surface area contributed by atoms with Gasteiger partial charge in [-0.15, -0.1) is 0 Å². The summed E-state index contributed by atoms with van der Waals surface area (Å²) in [4.78, 5) is 8.56. The Hall–Kier alpha value is -2.69. The minimum absolute atomic E-state index is 0.491. The van der Waals surface area contributed by atoms with Crippen molar-refractivity contribution in [3.63, 3.8) is 0 Å². The number of allylic oxidation sites excluding steroid dienone is 2. The van der Waals surface area contributed by atoms with Crippen molar-refractivity contribution in [3.8, 4) is 0 Å². The normalized spacial score (nSPS) is 18.5. The zero-order chi connectivity index (χ0) is 14.8. The van der Waals surface area contributed by atoms with Crippen molar-refractivity contribution in [3.05, 3.63) is 42.7 Å². The highest BCUT2D eigenvalue weighted by Gasteiger charge is 2.12. The van der Waals surface area contributed by atoms with Crippen LogP contribution >= 0.6 is 0 Å². The highest BCUT2D eigenvalue weighted by Crippen LogP contribution is 2.30. The number of benzene rings is 1. The second-order valence-corrected chi connectivity index (χ2v) is 5.43. The quantitative estimate of drug-likeness (QED) is 0.448. The lowest BCUT2D eigenvalue weighted by Gasteiger charge is -2.11. The first kappa shape index (κ1) is 13.0. The van der Waals surface area contributed by atoms with Crippen LogP contribution in [-0.4, -0.2) is 16.2 Å². The van der Waals surface area contributed by atoms with Crippen LogP contribution in [0.3, 0.4) is 0 Å². The lowest BCUT2D eigenvalue weighted by atomic mass is 9.96. The van der Waals surface area contributed by atoms with Gasteiger partial charge in [0.2, 0.25) is 0 Å². The summed E-state index contributed by atoms with van der Waals surface area (Å²) in [6, 6.07) is 7.84. The topological polar surface area (TPSA) is 63.3 Å². The number of para-hydroxylation sites is 1. The summed E-state index contributed by atoms with van der Waals surface area (Å²) in [6.07, 6.45) is 11.2. The molecule has 1 aromatic carbocycles. The Morgan fingerprint density at radius 2 is 2.18 bits per heavy atom. The summed E-state index contributed by atoms with van der Waals surface area (Å²) in [5, 5.41) is 5.32. The Bertz CT molecular complexity index is 865. The first-order valence-corrected chi connectivity index (χ1v) is 7.48. The van der Waals surface area contributed by atoms with E-state index in [1.54, 1.807) is 0 Å². The number of hydrogen-bond donors (Lipinski definition) is 1. The monoisotopic (exact) mass is 292 g/mol. The van der Waals surface area contributed by atoms with Gasteiger partial charge in [-0.1, -0.05) is 24.3 Å². The van der Waals surface area contributed by atoms with E-state index in [4.69, 9.17) is 4.42 Å². The maximum Gasteiger partial charge on any atom is 0.197 e. The van der Waals surface area contributed by atoms with Gasteiger partial charge < -0.3 is 4.42 Å². The van der Waals surface area contributed by atoms with E-state index in [1.165, 1.54) is 6.33 Å². The van der Waals surface area contributed by atoms with Gasteiger partial charge in [0.05, 0.1) is 0 Å². The molecule has 0 amide bonds. The van der Waals surface area contributed by atoms with E-state index in [2.05, 4.69) is 32.6 Å². The van der Waals surface area contributed by atoms with Crippen molar-refractivity contribution in [2.45, 2.75) is 19.3 Å². The van der Waals surface area contributed by atoms with Crippen molar-refractivity contribution in [1.82, 2.24) is 9.97 Å². The number of nitrogens with zero attached hydrogens (tertiary/aromatic N) is 3. The van der Waals surface area contributed by atoms with Crippen LogP contribution in [0.15, 0.2) is 52.3 Å². The van der Waals surface area contributed by atoms with Gasteiger partial charge in [-0.3, -0.25) is 5.43 Å². The summed E-state index contributed by atoms with van der Waals surface area (Å²) >= 11 is 0. The van der Waals surface area contributed by atoms with Crippen LogP contribution < -0.4 is 5.43 Å². The molecular formula is C17H16N4O. The molecule has 1 atom stereocenters. The van der Waals surface area contributed by atoms with Gasteiger partial charge >= 0.3 is 0 Å². The molecule has 0 aliphatic heterocycles. The summed E-state index contributed by atoms with van der Waals surface area (Å²) in [6.45, 7) is 0. The lowest BCUT2D eigenvalue weighted by Crippen LogP contribution is -2.05. The smallest absolute Gasteiger partial charge is 0.197 e. The van der Waals surface area contributed by atoms with Crippen LogP contribution in [0, 0.1) is 5.92 Å². The lowest BCUT2D eigenvalue weighted by molar-refractivity contribution is 0.627. The minimum Gasteiger partial charge on any atom is -0.450 e. The van der Waals surface area contributed by atoms with Gasteiger partial charge in [0.1, 0.15) is 17.4 Å². The van der Waals surface area contributed by atoms with Gasteiger partial charge in [-0.2, -0.15) is 5.10 Å². The third-order valence-corrected chi connectivity index (χ3v) is 3.92. The Morgan fingerprint density at radius 3 is 3.09 bits per heavy atom. The number of aromatic nitrogens is 2. The Kier molecular flexibility index (Phi) is 3.31. The van der Waals surface area contributed by atoms with Crippen LogP contribution in [0.1, 0.15) is 19.3 Å². The molecule has 0 fully saturated rings. The molecule has 110 valence electrons. The number of nitrogens with one attached hydrogen (secondary N) is 1. The van der Waals surface area contributed by atoms with Gasteiger partial charge in [0, 0.05) is 11.6 Å². The molecule has 2 aromatic heterocycles. The second kappa shape index (κ2) is 5.60. The first-order chi connectivity index (χ1) is 10.9. The van der Waals surface area contributed by atoms with Crippen molar-refractivity contribution in [2.75, 3.05) is 5.43 Å². The highest BCUT2D eigenvalue weighted by molar-refractivity contribution is 6.05. The van der Waals surface area contributed by atoms with Crippen LogP contribution in [0.4, 0.5) is 5.82 Å². The van der Waals surface area contributed by atoms with Gasteiger partial charge in [-0.25, -0.2) is 9.97 Å². The molecule has 5 nitrogen and oxygen atoms in total. The zero-order valence-electron chi connectivity index (χ0n) is 12.1. The molecule has 1 aliphatic rings. The van der Waals surface area contributed by atoms with Crippen LogP contribution in [0.25, 0.3) is 22.1 Å². The molecular weight excluding hydrogens is 276 g/mol. The summed E-state index contributed by atoms with van der Waals surface area (Å²) in [5.41, 5.74) is 5.26.